The Labute approximate surface area is 167 Å². The van der Waals surface area contributed by atoms with Gasteiger partial charge in [-0.15, -0.1) is 0 Å². The highest BCUT2D eigenvalue weighted by atomic mass is 79.9. The van der Waals surface area contributed by atoms with Crippen molar-refractivity contribution in [3.63, 3.8) is 0 Å². The minimum absolute atomic E-state index is 0.242. The number of nitrogens with zero attached hydrogens (tertiary/aromatic N) is 5. The number of hydrazone groups is 1. The molecular weight excluding hydrogens is 412 g/mol. The first-order valence-corrected chi connectivity index (χ1v) is 9.19. The Morgan fingerprint density at radius 1 is 1.22 bits per heavy atom. The van der Waals surface area contributed by atoms with Crippen LogP contribution in [0.4, 0.5) is 16.2 Å². The van der Waals surface area contributed by atoms with Crippen LogP contribution in [0, 0.1) is 22.7 Å². The Kier molecular flexibility index (Phi) is 6.65. The van der Waals surface area contributed by atoms with E-state index in [2.05, 4.69) is 31.4 Å². The maximum Gasteiger partial charge on any atom is 0.410 e. The Morgan fingerprint density at radius 2 is 1.85 bits per heavy atom. The van der Waals surface area contributed by atoms with Gasteiger partial charge in [-0.25, -0.2) is 4.79 Å². The number of carbonyl (C=O) groups is 1. The van der Waals surface area contributed by atoms with Gasteiger partial charge in [0.1, 0.15) is 17.7 Å². The molecule has 0 saturated carbocycles. The van der Waals surface area contributed by atoms with E-state index in [0.29, 0.717) is 31.9 Å². The van der Waals surface area contributed by atoms with Crippen LogP contribution in [0.5, 0.6) is 0 Å². The summed E-state index contributed by atoms with van der Waals surface area (Å²) in [7, 11) is 0. The molecule has 0 unspecified atom stereocenters. The molecule has 1 aliphatic heterocycles. The van der Waals surface area contributed by atoms with Crippen molar-refractivity contribution in [3.8, 4) is 12.1 Å². The van der Waals surface area contributed by atoms with E-state index in [1.807, 2.05) is 39.0 Å². The number of benzene rings is 1. The molecule has 27 heavy (non-hydrogen) atoms. The highest BCUT2D eigenvalue weighted by Crippen LogP contribution is 2.30. The predicted octanol–water partition coefficient (Wildman–Crippen LogP) is 3.32. The summed E-state index contributed by atoms with van der Waals surface area (Å²) in [4.78, 5) is 16.0. The maximum atomic E-state index is 12.2. The van der Waals surface area contributed by atoms with Crippen LogP contribution in [0.1, 0.15) is 20.8 Å². The largest absolute Gasteiger partial charge is 0.444 e. The number of amides is 1. The Bertz CT molecular complexity index is 795. The van der Waals surface area contributed by atoms with Gasteiger partial charge in [0.2, 0.25) is 5.71 Å². The van der Waals surface area contributed by atoms with Gasteiger partial charge in [-0.2, -0.15) is 15.6 Å². The molecule has 1 aliphatic rings. The molecule has 0 aliphatic carbocycles. The van der Waals surface area contributed by atoms with E-state index < -0.39 is 5.60 Å². The van der Waals surface area contributed by atoms with E-state index in [9.17, 15) is 4.79 Å². The lowest BCUT2D eigenvalue weighted by atomic mass is 10.2. The monoisotopic (exact) mass is 432 g/mol. The van der Waals surface area contributed by atoms with Crippen LogP contribution in [0.15, 0.2) is 27.8 Å². The number of hydrogen-bond acceptors (Lipinski definition) is 7. The highest BCUT2D eigenvalue weighted by Gasteiger charge is 2.26. The topological polar surface area (TPSA) is 105 Å². The van der Waals surface area contributed by atoms with E-state index in [1.165, 1.54) is 0 Å². The summed E-state index contributed by atoms with van der Waals surface area (Å²) in [5.74, 6) is 0. The third-order valence-corrected chi connectivity index (χ3v) is 4.36. The molecule has 0 bridgehead atoms. The van der Waals surface area contributed by atoms with Crippen molar-refractivity contribution in [1.82, 2.24) is 4.90 Å². The maximum absolute atomic E-state index is 12.2. The van der Waals surface area contributed by atoms with Crippen molar-refractivity contribution < 1.29 is 9.53 Å². The molecule has 1 N–H and O–H groups in total. The summed E-state index contributed by atoms with van der Waals surface area (Å²) in [5.41, 5.74) is 3.59. The second-order valence-corrected chi connectivity index (χ2v) is 7.77. The zero-order valence-electron chi connectivity index (χ0n) is 15.5. The average Bonchev–Trinajstić information content (AvgIpc) is 2.61. The molecule has 142 valence electrons. The molecule has 1 heterocycles. The molecule has 2 rings (SSSR count). The normalized spacial score (nSPS) is 14.0. The molecule has 1 fully saturated rings. The number of nitriles is 2. The van der Waals surface area contributed by atoms with Gasteiger partial charge in [0.05, 0.1) is 11.4 Å². The number of nitrogens with one attached hydrogen (secondary N) is 1. The van der Waals surface area contributed by atoms with E-state index >= 15 is 0 Å². The fraction of sp³-hybridized carbons (Fsp3) is 0.444. The van der Waals surface area contributed by atoms with E-state index in [0.717, 1.165) is 10.2 Å². The lowest BCUT2D eigenvalue weighted by molar-refractivity contribution is 0.0240. The first kappa shape index (κ1) is 20.5. The first-order valence-electron chi connectivity index (χ1n) is 8.40. The molecular formula is C18H21BrN6O2. The number of halogens is 1. The standard InChI is InChI=1S/C18H21BrN6O2/c1-18(2,3)27-17(26)25-8-6-24(7-9-25)16-5-4-13(10-15(16)19)22-23-14(11-20)12-21/h4-5,10,22H,6-9H2,1-3H3. The van der Waals surface area contributed by atoms with Gasteiger partial charge in [-0.1, -0.05) is 0 Å². The Balaban J connectivity index is 1.99. The van der Waals surface area contributed by atoms with Crippen molar-refractivity contribution in [1.29, 1.82) is 10.5 Å². The summed E-state index contributed by atoms with van der Waals surface area (Å²) in [6.45, 7) is 8.11. The summed E-state index contributed by atoms with van der Waals surface area (Å²) < 4.78 is 6.27. The van der Waals surface area contributed by atoms with Gasteiger partial charge in [0, 0.05) is 30.7 Å². The van der Waals surface area contributed by atoms with Crippen molar-refractivity contribution in [2.24, 2.45) is 5.10 Å². The van der Waals surface area contributed by atoms with Crippen LogP contribution in [0.3, 0.4) is 0 Å². The number of hydrogen-bond donors (Lipinski definition) is 1. The van der Waals surface area contributed by atoms with Crippen LogP contribution in [-0.4, -0.2) is 48.5 Å². The van der Waals surface area contributed by atoms with Gasteiger partial charge in [0.15, 0.2) is 0 Å². The summed E-state index contributed by atoms with van der Waals surface area (Å²) >= 11 is 3.54. The van der Waals surface area contributed by atoms with Crippen LogP contribution < -0.4 is 10.3 Å². The zero-order chi connectivity index (χ0) is 20.0. The van der Waals surface area contributed by atoms with Gasteiger partial charge in [-0.05, 0) is 54.9 Å². The molecule has 1 aromatic carbocycles. The third kappa shape index (κ3) is 5.87. The Morgan fingerprint density at radius 3 is 2.37 bits per heavy atom. The van der Waals surface area contributed by atoms with Gasteiger partial charge < -0.3 is 14.5 Å². The lowest BCUT2D eigenvalue weighted by Gasteiger charge is -2.37. The molecule has 9 heteroatoms. The van der Waals surface area contributed by atoms with E-state index in [4.69, 9.17) is 15.3 Å². The second kappa shape index (κ2) is 8.74. The van der Waals surface area contributed by atoms with Crippen molar-refractivity contribution >= 4 is 39.1 Å². The smallest absolute Gasteiger partial charge is 0.410 e. The Hall–Kier alpha value is -2.78. The molecule has 0 aromatic heterocycles. The molecule has 0 atom stereocenters. The minimum Gasteiger partial charge on any atom is -0.444 e. The number of carbonyl (C=O) groups excluding carboxylic acids is 1. The predicted molar refractivity (Wildman–Crippen MR) is 106 cm³/mol. The third-order valence-electron chi connectivity index (χ3n) is 3.73. The SMILES string of the molecule is CC(C)(C)OC(=O)N1CCN(c2ccc(NN=C(C#N)C#N)cc2Br)CC1. The van der Waals surface area contributed by atoms with Crippen molar-refractivity contribution in [3.05, 3.63) is 22.7 Å². The van der Waals surface area contributed by atoms with Crippen LogP contribution in [0.25, 0.3) is 0 Å². The molecule has 1 saturated heterocycles. The summed E-state index contributed by atoms with van der Waals surface area (Å²) in [6, 6.07) is 8.94. The zero-order valence-corrected chi connectivity index (χ0v) is 17.1. The van der Waals surface area contributed by atoms with E-state index in [1.54, 1.807) is 17.0 Å². The molecule has 1 amide bonds. The van der Waals surface area contributed by atoms with Crippen molar-refractivity contribution in [2.45, 2.75) is 26.4 Å². The van der Waals surface area contributed by atoms with Gasteiger partial charge in [-0.3, -0.25) is 5.43 Å². The summed E-state index contributed by atoms with van der Waals surface area (Å²) in [5, 5.41) is 21.1. The molecule has 0 spiro atoms. The van der Waals surface area contributed by atoms with Crippen LogP contribution >= 0.6 is 15.9 Å². The molecule has 0 radical (unpaired) electrons. The summed E-state index contributed by atoms with van der Waals surface area (Å²) in [6.07, 6.45) is -0.288. The van der Waals surface area contributed by atoms with Gasteiger partial charge >= 0.3 is 6.09 Å². The number of anilines is 2. The van der Waals surface area contributed by atoms with Crippen LogP contribution in [0.2, 0.25) is 0 Å². The molecule has 8 nitrogen and oxygen atoms in total. The number of rotatable bonds is 3. The van der Waals surface area contributed by atoms with Gasteiger partial charge in [0.25, 0.3) is 0 Å². The minimum atomic E-state index is -0.500. The second-order valence-electron chi connectivity index (χ2n) is 6.92. The number of ether oxygens (including phenoxy) is 1. The molecule has 1 aromatic rings. The average molecular weight is 433 g/mol. The quantitative estimate of drug-likeness (QED) is 0.579. The van der Waals surface area contributed by atoms with E-state index in [-0.39, 0.29) is 11.8 Å². The van der Waals surface area contributed by atoms with Crippen molar-refractivity contribution in [2.75, 3.05) is 36.5 Å². The first-order chi connectivity index (χ1) is 12.7. The number of piperazine rings is 1. The fourth-order valence-corrected chi connectivity index (χ4v) is 3.11. The van der Waals surface area contributed by atoms with Crippen LogP contribution in [-0.2, 0) is 4.74 Å². The lowest BCUT2D eigenvalue weighted by Crippen LogP contribution is -2.50. The highest BCUT2D eigenvalue weighted by molar-refractivity contribution is 9.10. The fourth-order valence-electron chi connectivity index (χ4n) is 2.48.